The van der Waals surface area contributed by atoms with Crippen LogP contribution in [0.2, 0.25) is 0 Å². The summed E-state index contributed by atoms with van der Waals surface area (Å²) in [4.78, 5) is 38.4. The number of benzene rings is 5. The Labute approximate surface area is 226 Å². The molecule has 5 nitrogen and oxygen atoms in total. The van der Waals surface area contributed by atoms with Crippen LogP contribution in [0.4, 0.5) is 5.69 Å². The smallest absolute Gasteiger partial charge is 0.266 e. The van der Waals surface area contributed by atoms with Gasteiger partial charge in [0.25, 0.3) is 11.8 Å². The number of rotatable bonds is 8. The molecular weight excluding hydrogens is 486 g/mol. The summed E-state index contributed by atoms with van der Waals surface area (Å²) in [5, 5.41) is 0. The zero-order chi connectivity index (χ0) is 26.6. The fourth-order valence-corrected chi connectivity index (χ4v) is 4.71. The first-order valence-corrected chi connectivity index (χ1v) is 12.8. The van der Waals surface area contributed by atoms with Crippen molar-refractivity contribution in [2.75, 3.05) is 4.90 Å². The molecule has 0 N–H and O–H groups in total. The maximum Gasteiger partial charge on any atom is 0.266 e. The van der Waals surface area contributed by atoms with Gasteiger partial charge in [0.15, 0.2) is 5.75 Å². The molecule has 0 bridgehead atoms. The van der Waals surface area contributed by atoms with E-state index in [2.05, 4.69) is 24.3 Å². The predicted molar refractivity (Wildman–Crippen MR) is 151 cm³/mol. The number of anilines is 1. The van der Waals surface area contributed by atoms with Crippen molar-refractivity contribution in [3.05, 3.63) is 155 Å². The van der Waals surface area contributed by atoms with Crippen LogP contribution in [0.25, 0.3) is 11.1 Å². The van der Waals surface area contributed by atoms with E-state index in [1.165, 1.54) is 10.5 Å². The topological polar surface area (TPSA) is 55.8 Å². The van der Waals surface area contributed by atoms with Crippen LogP contribution < -0.4 is 9.79 Å². The second-order valence-corrected chi connectivity index (χ2v) is 9.39. The van der Waals surface area contributed by atoms with Crippen molar-refractivity contribution in [2.24, 2.45) is 0 Å². The number of hydrogen-bond donors (Lipinski definition) is 0. The molecule has 0 saturated carbocycles. The van der Waals surface area contributed by atoms with Gasteiger partial charge in [0.2, 0.25) is 0 Å². The van der Waals surface area contributed by atoms with Gasteiger partial charge in [-0.2, -0.15) is 4.89 Å². The lowest BCUT2D eigenvalue weighted by molar-refractivity contribution is -0.217. The molecule has 0 unspecified atom stereocenters. The van der Waals surface area contributed by atoms with Crippen LogP contribution in [0.1, 0.15) is 37.4 Å². The summed E-state index contributed by atoms with van der Waals surface area (Å²) in [6.45, 7) is 0.128. The van der Waals surface area contributed by atoms with E-state index in [-0.39, 0.29) is 18.4 Å². The summed E-state index contributed by atoms with van der Waals surface area (Å²) in [6.07, 6.45) is 0.784. The summed E-state index contributed by atoms with van der Waals surface area (Å²) in [5.41, 5.74) is 6.55. The highest BCUT2D eigenvalue weighted by atomic mass is 17.2. The summed E-state index contributed by atoms with van der Waals surface area (Å²) in [7, 11) is 0. The van der Waals surface area contributed by atoms with E-state index in [0.29, 0.717) is 22.6 Å². The minimum Gasteiger partial charge on any atom is -0.337 e. The monoisotopic (exact) mass is 511 g/mol. The van der Waals surface area contributed by atoms with E-state index in [1.54, 1.807) is 18.2 Å². The molecule has 0 spiro atoms. The molecule has 0 fully saturated rings. The van der Waals surface area contributed by atoms with Crippen molar-refractivity contribution in [2.45, 2.75) is 13.0 Å². The average Bonchev–Trinajstić information content (AvgIpc) is 3.23. The van der Waals surface area contributed by atoms with E-state index >= 15 is 0 Å². The first kappa shape index (κ1) is 24.3. The molecule has 0 aromatic heterocycles. The second kappa shape index (κ2) is 10.8. The van der Waals surface area contributed by atoms with Gasteiger partial charge in [0.05, 0.1) is 16.8 Å². The third-order valence-electron chi connectivity index (χ3n) is 6.74. The van der Waals surface area contributed by atoms with Gasteiger partial charge in [0.1, 0.15) is 6.61 Å². The second-order valence-electron chi connectivity index (χ2n) is 9.39. The van der Waals surface area contributed by atoms with Crippen LogP contribution in [0.15, 0.2) is 127 Å². The van der Waals surface area contributed by atoms with Gasteiger partial charge in [-0.05, 0) is 70.6 Å². The van der Waals surface area contributed by atoms with Crippen molar-refractivity contribution in [3.63, 3.8) is 0 Å². The fourth-order valence-electron chi connectivity index (χ4n) is 4.71. The van der Waals surface area contributed by atoms with Crippen LogP contribution in [0, 0.1) is 0 Å². The maximum absolute atomic E-state index is 13.2. The summed E-state index contributed by atoms with van der Waals surface area (Å²) in [5.74, 6) is -0.0953. The first-order chi connectivity index (χ1) is 19.2. The van der Waals surface area contributed by atoms with Gasteiger partial charge in [-0.25, -0.2) is 4.90 Å². The Hall–Kier alpha value is -5.00. The highest BCUT2D eigenvalue weighted by Gasteiger charge is 2.36. The Morgan fingerprint density at radius 3 is 1.85 bits per heavy atom. The van der Waals surface area contributed by atoms with Gasteiger partial charge in [0, 0.05) is 0 Å². The largest absolute Gasteiger partial charge is 0.337 e. The standard InChI is InChI=1S/C34H25NO4/c36-33-31-20-13-26(23-38-39-30-18-14-28(15-19-30)27-9-5-2-6-10-27)22-32(31)34(37)35(33)29-16-11-25(12-17-29)21-24-7-3-1-4-8-24/h1-20,22H,21,23H2. The number of nitrogens with zero attached hydrogens (tertiary/aromatic N) is 1. The van der Waals surface area contributed by atoms with Crippen LogP contribution in [0.3, 0.4) is 0 Å². The number of fused-ring (bicyclic) bond motifs is 1. The Balaban J connectivity index is 1.09. The van der Waals surface area contributed by atoms with E-state index in [0.717, 1.165) is 28.7 Å². The van der Waals surface area contributed by atoms with Crippen molar-refractivity contribution in [3.8, 4) is 16.9 Å². The molecular formula is C34H25NO4. The lowest BCUT2D eigenvalue weighted by Gasteiger charge is -2.14. The number of amides is 2. The number of carbonyl (C=O) groups is 2. The fraction of sp³-hybridized carbons (Fsp3) is 0.0588. The molecule has 1 aliphatic rings. The third kappa shape index (κ3) is 5.21. The Bertz CT molecular complexity index is 1610. The SMILES string of the molecule is O=C1c2ccc(COOc3ccc(-c4ccccc4)cc3)cc2C(=O)N1c1ccc(Cc2ccccc2)cc1. The molecule has 39 heavy (non-hydrogen) atoms. The van der Waals surface area contributed by atoms with Crippen molar-refractivity contribution >= 4 is 17.5 Å². The molecule has 2 amide bonds. The number of hydrogen-bond acceptors (Lipinski definition) is 4. The Morgan fingerprint density at radius 2 is 1.13 bits per heavy atom. The van der Waals surface area contributed by atoms with Gasteiger partial charge in [-0.1, -0.05) is 91.0 Å². The summed E-state index contributed by atoms with van der Waals surface area (Å²) < 4.78 is 0. The van der Waals surface area contributed by atoms with E-state index in [9.17, 15) is 9.59 Å². The zero-order valence-electron chi connectivity index (χ0n) is 21.1. The van der Waals surface area contributed by atoms with Gasteiger partial charge in [-0.3, -0.25) is 9.59 Å². The minimum atomic E-state index is -0.343. The van der Waals surface area contributed by atoms with Crippen LogP contribution >= 0.6 is 0 Å². The highest BCUT2D eigenvalue weighted by Crippen LogP contribution is 2.30. The molecule has 190 valence electrons. The lowest BCUT2D eigenvalue weighted by Crippen LogP contribution is -2.29. The molecule has 0 atom stereocenters. The summed E-state index contributed by atoms with van der Waals surface area (Å²) in [6, 6.07) is 40.6. The third-order valence-corrected chi connectivity index (χ3v) is 6.74. The van der Waals surface area contributed by atoms with Crippen LogP contribution in [-0.2, 0) is 17.9 Å². The molecule has 5 aromatic carbocycles. The molecule has 5 heteroatoms. The number of carbonyl (C=O) groups excluding carboxylic acids is 2. The zero-order valence-corrected chi connectivity index (χ0v) is 21.1. The molecule has 5 aromatic rings. The Kier molecular flexibility index (Phi) is 6.73. The molecule has 0 saturated heterocycles. The molecule has 0 aliphatic carbocycles. The Morgan fingerprint density at radius 1 is 0.538 bits per heavy atom. The maximum atomic E-state index is 13.2. The molecule has 1 aliphatic heterocycles. The average molecular weight is 512 g/mol. The predicted octanol–water partition coefficient (Wildman–Crippen LogP) is 7.26. The molecule has 1 heterocycles. The van der Waals surface area contributed by atoms with E-state index < -0.39 is 0 Å². The van der Waals surface area contributed by atoms with Gasteiger partial charge < -0.3 is 4.89 Å². The van der Waals surface area contributed by atoms with Crippen molar-refractivity contribution in [1.29, 1.82) is 0 Å². The van der Waals surface area contributed by atoms with Crippen LogP contribution in [0.5, 0.6) is 5.75 Å². The van der Waals surface area contributed by atoms with Crippen molar-refractivity contribution < 1.29 is 19.4 Å². The van der Waals surface area contributed by atoms with E-state index in [1.807, 2.05) is 84.9 Å². The summed E-state index contributed by atoms with van der Waals surface area (Å²) >= 11 is 0. The molecule has 6 rings (SSSR count). The first-order valence-electron chi connectivity index (χ1n) is 12.8. The van der Waals surface area contributed by atoms with Crippen LogP contribution in [-0.4, -0.2) is 11.8 Å². The quantitative estimate of drug-likeness (QED) is 0.125. The van der Waals surface area contributed by atoms with E-state index in [4.69, 9.17) is 9.78 Å². The van der Waals surface area contributed by atoms with Gasteiger partial charge in [-0.15, -0.1) is 0 Å². The highest BCUT2D eigenvalue weighted by molar-refractivity contribution is 6.34. The lowest BCUT2D eigenvalue weighted by atomic mass is 10.0. The van der Waals surface area contributed by atoms with Crippen molar-refractivity contribution in [1.82, 2.24) is 0 Å². The minimum absolute atomic E-state index is 0.128. The normalized spacial score (nSPS) is 12.5. The van der Waals surface area contributed by atoms with Gasteiger partial charge >= 0.3 is 0 Å². The molecule has 0 radical (unpaired) electrons. The number of imide groups is 1.